The van der Waals surface area contributed by atoms with E-state index in [1.54, 1.807) is 0 Å². The molecule has 0 bridgehead atoms. The van der Waals surface area contributed by atoms with E-state index in [4.69, 9.17) is 9.26 Å². The number of carbonyl (C=O) groups is 1. The van der Waals surface area contributed by atoms with E-state index >= 15 is 0 Å². The Hall–Kier alpha value is -2.99. The van der Waals surface area contributed by atoms with Gasteiger partial charge in [-0.05, 0) is 29.7 Å². The fraction of sp³-hybridized carbons (Fsp3) is 0.250. The van der Waals surface area contributed by atoms with Gasteiger partial charge in [0.1, 0.15) is 0 Å². The van der Waals surface area contributed by atoms with Crippen molar-refractivity contribution in [3.63, 3.8) is 0 Å². The van der Waals surface area contributed by atoms with Crippen molar-refractivity contribution in [2.75, 3.05) is 11.9 Å². The summed E-state index contributed by atoms with van der Waals surface area (Å²) in [7, 11) is 0. The van der Waals surface area contributed by atoms with E-state index in [-0.39, 0.29) is 18.4 Å². The molecule has 6 heteroatoms. The summed E-state index contributed by atoms with van der Waals surface area (Å²) in [5.74, 6) is 0.676. The highest BCUT2D eigenvalue weighted by atomic mass is 16.5. The predicted octanol–water partition coefficient (Wildman–Crippen LogP) is 3.11. The third kappa shape index (κ3) is 3.81. The Bertz CT molecular complexity index is 892. The van der Waals surface area contributed by atoms with Gasteiger partial charge in [-0.2, -0.15) is 4.98 Å². The van der Waals surface area contributed by atoms with E-state index < -0.39 is 0 Å². The average molecular weight is 349 g/mol. The maximum Gasteiger partial charge on any atom is 0.232 e. The molecule has 1 N–H and O–H groups in total. The number of aromatic nitrogens is 2. The summed E-state index contributed by atoms with van der Waals surface area (Å²) < 4.78 is 11.2. The number of nitrogens with one attached hydrogen (secondary N) is 1. The minimum Gasteiger partial charge on any atom is -0.373 e. The van der Waals surface area contributed by atoms with Crippen LogP contribution in [-0.4, -0.2) is 22.7 Å². The molecule has 6 nitrogen and oxygen atoms in total. The molecule has 0 spiro atoms. The van der Waals surface area contributed by atoms with Crippen LogP contribution in [0.5, 0.6) is 0 Å². The molecule has 1 aliphatic heterocycles. The number of hydrogen-bond donors (Lipinski definition) is 1. The van der Waals surface area contributed by atoms with Gasteiger partial charge in [-0.15, -0.1) is 0 Å². The largest absolute Gasteiger partial charge is 0.373 e. The number of carbonyl (C=O) groups excluding carboxylic acids is 1. The molecule has 0 radical (unpaired) electrons. The van der Waals surface area contributed by atoms with Gasteiger partial charge in [0, 0.05) is 5.69 Å². The van der Waals surface area contributed by atoms with Gasteiger partial charge in [-0.1, -0.05) is 47.6 Å². The third-order valence-corrected chi connectivity index (χ3v) is 4.34. The van der Waals surface area contributed by atoms with Crippen LogP contribution in [-0.2, 0) is 28.8 Å². The number of hydrogen-bond acceptors (Lipinski definition) is 5. The Balaban J connectivity index is 1.39. The van der Waals surface area contributed by atoms with Crippen LogP contribution in [0, 0.1) is 0 Å². The monoisotopic (exact) mass is 349 g/mol. The summed E-state index contributed by atoms with van der Waals surface area (Å²) in [5, 5.41) is 6.73. The summed E-state index contributed by atoms with van der Waals surface area (Å²) >= 11 is 0. The van der Waals surface area contributed by atoms with E-state index in [0.717, 1.165) is 12.1 Å². The maximum absolute atomic E-state index is 12.1. The van der Waals surface area contributed by atoms with E-state index in [1.807, 2.05) is 42.5 Å². The van der Waals surface area contributed by atoms with Crippen molar-refractivity contribution in [1.82, 2.24) is 10.1 Å². The molecule has 0 unspecified atom stereocenters. The minimum atomic E-state index is -0.178. The van der Waals surface area contributed by atoms with Gasteiger partial charge in [0.2, 0.25) is 11.8 Å². The van der Waals surface area contributed by atoms with Crippen LogP contribution in [0.1, 0.15) is 28.9 Å². The lowest BCUT2D eigenvalue weighted by Gasteiger charge is -2.24. The highest BCUT2D eigenvalue weighted by Crippen LogP contribution is 2.29. The molecule has 3 aromatic rings. The van der Waals surface area contributed by atoms with Gasteiger partial charge >= 0.3 is 0 Å². The van der Waals surface area contributed by atoms with Gasteiger partial charge in [0.15, 0.2) is 5.82 Å². The minimum absolute atomic E-state index is 0.0699. The zero-order valence-electron chi connectivity index (χ0n) is 14.2. The van der Waals surface area contributed by atoms with Crippen LogP contribution in [0.3, 0.4) is 0 Å². The zero-order chi connectivity index (χ0) is 17.8. The number of para-hydroxylation sites is 1. The van der Waals surface area contributed by atoms with Gasteiger partial charge in [-0.25, -0.2) is 0 Å². The Morgan fingerprint density at radius 1 is 1.12 bits per heavy atom. The maximum atomic E-state index is 12.1. The van der Waals surface area contributed by atoms with Crippen molar-refractivity contribution in [3.05, 3.63) is 77.4 Å². The summed E-state index contributed by atoms with van der Waals surface area (Å²) in [4.78, 5) is 16.4. The first-order valence-corrected chi connectivity index (χ1v) is 8.64. The Morgan fingerprint density at radius 2 is 1.92 bits per heavy atom. The molecular formula is C20H19N3O3. The molecule has 2 aromatic carbocycles. The first kappa shape index (κ1) is 16.5. The lowest BCUT2D eigenvalue weighted by atomic mass is 9.96. The topological polar surface area (TPSA) is 77.2 Å². The van der Waals surface area contributed by atoms with Crippen LogP contribution in [0.2, 0.25) is 0 Å². The van der Waals surface area contributed by atoms with Crippen molar-refractivity contribution in [3.8, 4) is 0 Å². The number of fused-ring (bicyclic) bond motifs is 1. The average Bonchev–Trinajstić information content (AvgIpc) is 3.09. The van der Waals surface area contributed by atoms with Gasteiger partial charge in [0.05, 0.1) is 25.6 Å². The number of rotatable bonds is 5. The molecule has 0 fully saturated rings. The molecule has 4 rings (SSSR count). The second kappa shape index (κ2) is 7.49. The molecule has 0 saturated carbocycles. The number of amides is 1. The smallest absolute Gasteiger partial charge is 0.232 e. The molecule has 1 aliphatic rings. The number of benzene rings is 2. The number of ether oxygens (including phenoxy) is 1. The molecule has 2 heterocycles. The second-order valence-corrected chi connectivity index (χ2v) is 6.21. The van der Waals surface area contributed by atoms with Crippen LogP contribution in [0.4, 0.5) is 5.69 Å². The second-order valence-electron chi connectivity index (χ2n) is 6.21. The SMILES string of the molecule is O=C(Cc1noc(C[C@@H]2OCCc3ccccc32)n1)Nc1ccccc1. The van der Waals surface area contributed by atoms with Crippen LogP contribution in [0.15, 0.2) is 59.1 Å². The summed E-state index contributed by atoms with van der Waals surface area (Å²) in [6, 6.07) is 17.5. The lowest BCUT2D eigenvalue weighted by Crippen LogP contribution is -2.18. The highest BCUT2D eigenvalue weighted by molar-refractivity contribution is 5.91. The van der Waals surface area contributed by atoms with Gasteiger partial charge in [0.25, 0.3) is 0 Å². The summed E-state index contributed by atoms with van der Waals surface area (Å²) in [6.45, 7) is 0.683. The Morgan fingerprint density at radius 3 is 2.81 bits per heavy atom. The fourth-order valence-electron chi connectivity index (χ4n) is 3.12. The quantitative estimate of drug-likeness (QED) is 0.766. The molecule has 132 valence electrons. The van der Waals surface area contributed by atoms with Crippen LogP contribution >= 0.6 is 0 Å². The zero-order valence-corrected chi connectivity index (χ0v) is 14.2. The van der Waals surface area contributed by atoms with Crippen molar-refractivity contribution in [2.45, 2.75) is 25.4 Å². The van der Waals surface area contributed by atoms with Crippen molar-refractivity contribution >= 4 is 11.6 Å². The molecule has 1 atom stereocenters. The molecule has 0 saturated heterocycles. The van der Waals surface area contributed by atoms with Crippen molar-refractivity contribution in [1.29, 1.82) is 0 Å². The normalized spacial score (nSPS) is 16.1. The Labute approximate surface area is 151 Å². The number of nitrogens with zero attached hydrogens (tertiary/aromatic N) is 2. The number of anilines is 1. The molecule has 26 heavy (non-hydrogen) atoms. The first-order chi connectivity index (χ1) is 12.8. The van der Waals surface area contributed by atoms with E-state index in [9.17, 15) is 4.79 Å². The molecular weight excluding hydrogens is 330 g/mol. The van der Waals surface area contributed by atoms with E-state index in [0.29, 0.717) is 24.7 Å². The highest BCUT2D eigenvalue weighted by Gasteiger charge is 2.23. The van der Waals surface area contributed by atoms with Crippen LogP contribution < -0.4 is 5.32 Å². The molecule has 1 aromatic heterocycles. The third-order valence-electron chi connectivity index (χ3n) is 4.34. The van der Waals surface area contributed by atoms with Crippen LogP contribution in [0.25, 0.3) is 0 Å². The summed E-state index contributed by atoms with van der Waals surface area (Å²) in [6.07, 6.45) is 1.40. The van der Waals surface area contributed by atoms with E-state index in [1.165, 1.54) is 11.1 Å². The molecule has 0 aliphatic carbocycles. The van der Waals surface area contributed by atoms with E-state index in [2.05, 4.69) is 27.6 Å². The van der Waals surface area contributed by atoms with Gasteiger partial charge in [-0.3, -0.25) is 4.79 Å². The lowest BCUT2D eigenvalue weighted by molar-refractivity contribution is -0.115. The summed E-state index contributed by atoms with van der Waals surface area (Å²) in [5.41, 5.74) is 3.21. The molecule has 1 amide bonds. The van der Waals surface area contributed by atoms with Crippen molar-refractivity contribution in [2.24, 2.45) is 0 Å². The van der Waals surface area contributed by atoms with Gasteiger partial charge < -0.3 is 14.6 Å². The standard InChI is InChI=1S/C20H19N3O3/c24-19(21-15-7-2-1-3-8-15)13-18-22-20(26-23-18)12-17-16-9-5-4-6-14(16)10-11-25-17/h1-9,17H,10-13H2,(H,21,24)/t17-/m0/s1. The first-order valence-electron chi connectivity index (χ1n) is 8.64. The fourth-order valence-corrected chi connectivity index (χ4v) is 3.12. The Kier molecular flexibility index (Phi) is 4.75. The predicted molar refractivity (Wildman–Crippen MR) is 95.6 cm³/mol. The van der Waals surface area contributed by atoms with Crippen molar-refractivity contribution < 1.29 is 14.1 Å².